The van der Waals surface area contributed by atoms with Crippen molar-refractivity contribution in [2.45, 2.75) is 19.3 Å². The van der Waals surface area contributed by atoms with Gasteiger partial charge in [-0.05, 0) is 6.42 Å². The highest BCUT2D eigenvalue weighted by molar-refractivity contribution is 4.97. The summed E-state index contributed by atoms with van der Waals surface area (Å²) in [5.74, 6) is 0.882. The molecule has 3 heteroatoms. The Labute approximate surface area is 59.7 Å². The van der Waals surface area contributed by atoms with Gasteiger partial charge in [-0.15, -0.1) is 0 Å². The first-order valence-corrected chi connectivity index (χ1v) is 3.37. The van der Waals surface area contributed by atoms with E-state index in [0.717, 1.165) is 12.2 Å². The fourth-order valence-electron chi connectivity index (χ4n) is 0.847. The molecule has 1 aromatic heterocycles. The van der Waals surface area contributed by atoms with Crippen LogP contribution in [-0.4, -0.2) is 16.7 Å². The molecule has 1 heterocycles. The molecule has 0 saturated carbocycles. The molecule has 1 rings (SSSR count). The molecule has 56 valence electrons. The summed E-state index contributed by atoms with van der Waals surface area (Å²) in [7, 11) is 0. The van der Waals surface area contributed by atoms with Gasteiger partial charge in [0.25, 0.3) is 0 Å². The molecular weight excluding hydrogens is 130 g/mol. The third-order valence-electron chi connectivity index (χ3n) is 1.57. The molecule has 1 N–H and O–H groups in total. The molecule has 0 aliphatic carbocycles. The lowest BCUT2D eigenvalue weighted by atomic mass is 10.1. The molecule has 10 heavy (non-hydrogen) atoms. The third kappa shape index (κ3) is 1.36. The quantitative estimate of drug-likeness (QED) is 0.687. The molecule has 0 aliphatic rings. The van der Waals surface area contributed by atoms with E-state index in [0.29, 0.717) is 0 Å². The minimum Gasteiger partial charge on any atom is -0.448 e. The number of hydrogen-bond acceptors (Lipinski definition) is 3. The van der Waals surface area contributed by atoms with Crippen LogP contribution in [0.15, 0.2) is 17.0 Å². The van der Waals surface area contributed by atoms with E-state index >= 15 is 0 Å². The third-order valence-corrected chi connectivity index (χ3v) is 1.57. The number of aromatic nitrogens is 1. The number of hydrogen-bond donors (Lipinski definition) is 1. The minimum absolute atomic E-state index is 0.113. The Morgan fingerprint density at radius 2 is 2.60 bits per heavy atom. The minimum atomic E-state index is 0.113. The monoisotopic (exact) mass is 141 g/mol. The van der Waals surface area contributed by atoms with Crippen molar-refractivity contribution in [3.63, 3.8) is 0 Å². The molecule has 1 aromatic rings. The lowest BCUT2D eigenvalue weighted by Gasteiger charge is -2.05. The Bertz CT molecular complexity index is 168. The summed E-state index contributed by atoms with van der Waals surface area (Å²) in [4.78, 5) is 3.76. The molecular formula is C7H11NO2. The van der Waals surface area contributed by atoms with Crippen LogP contribution in [0.5, 0.6) is 0 Å². The summed E-state index contributed by atoms with van der Waals surface area (Å²) >= 11 is 0. The maximum absolute atomic E-state index is 8.81. The van der Waals surface area contributed by atoms with Gasteiger partial charge < -0.3 is 9.52 Å². The fraction of sp³-hybridized carbons (Fsp3) is 0.571. The van der Waals surface area contributed by atoms with Gasteiger partial charge in [-0.2, -0.15) is 0 Å². The van der Waals surface area contributed by atoms with Crippen molar-refractivity contribution in [1.29, 1.82) is 0 Å². The molecule has 3 nitrogen and oxygen atoms in total. The van der Waals surface area contributed by atoms with Crippen LogP contribution >= 0.6 is 0 Å². The first-order chi connectivity index (χ1) is 4.88. The zero-order chi connectivity index (χ0) is 7.40. The van der Waals surface area contributed by atoms with E-state index in [-0.39, 0.29) is 12.5 Å². The van der Waals surface area contributed by atoms with Crippen molar-refractivity contribution in [3.05, 3.63) is 18.4 Å². The number of oxazole rings is 1. The van der Waals surface area contributed by atoms with Crippen LogP contribution in [-0.2, 0) is 0 Å². The summed E-state index contributed by atoms with van der Waals surface area (Å²) in [6.45, 7) is 2.13. The van der Waals surface area contributed by atoms with Crippen molar-refractivity contribution in [1.82, 2.24) is 4.98 Å². The summed E-state index contributed by atoms with van der Waals surface area (Å²) in [5.41, 5.74) is 0. The van der Waals surface area contributed by atoms with Gasteiger partial charge in [-0.3, -0.25) is 0 Å². The van der Waals surface area contributed by atoms with Gasteiger partial charge in [0.1, 0.15) is 5.76 Å². The van der Waals surface area contributed by atoms with Crippen molar-refractivity contribution in [2.75, 3.05) is 6.61 Å². The average Bonchev–Trinajstić information content (AvgIpc) is 2.43. The van der Waals surface area contributed by atoms with E-state index in [1.165, 1.54) is 6.39 Å². The highest BCUT2D eigenvalue weighted by atomic mass is 16.3. The van der Waals surface area contributed by atoms with E-state index in [2.05, 4.69) is 4.98 Å². The van der Waals surface area contributed by atoms with Crippen molar-refractivity contribution in [3.8, 4) is 0 Å². The van der Waals surface area contributed by atoms with Crippen molar-refractivity contribution in [2.24, 2.45) is 0 Å². The topological polar surface area (TPSA) is 46.3 Å². The van der Waals surface area contributed by atoms with Crippen LogP contribution in [0, 0.1) is 0 Å². The molecule has 0 saturated heterocycles. The summed E-state index contributed by atoms with van der Waals surface area (Å²) in [6, 6.07) is 0. The Kier molecular flexibility index (Phi) is 2.45. The maximum Gasteiger partial charge on any atom is 0.180 e. The van der Waals surface area contributed by atoms with Crippen LogP contribution in [0.25, 0.3) is 0 Å². The number of rotatable bonds is 3. The normalized spacial score (nSPS) is 13.4. The number of aliphatic hydroxyl groups is 1. The molecule has 0 amide bonds. The van der Waals surface area contributed by atoms with Crippen LogP contribution in [0.4, 0.5) is 0 Å². The summed E-state index contributed by atoms with van der Waals surface area (Å²) in [6.07, 6.45) is 3.91. The Morgan fingerprint density at radius 3 is 3.00 bits per heavy atom. The van der Waals surface area contributed by atoms with Crippen LogP contribution in [0.3, 0.4) is 0 Å². The van der Waals surface area contributed by atoms with Crippen LogP contribution < -0.4 is 0 Å². The molecule has 0 radical (unpaired) electrons. The smallest absolute Gasteiger partial charge is 0.180 e. The average molecular weight is 141 g/mol. The predicted octanol–water partition coefficient (Wildman–Crippen LogP) is 1.16. The summed E-state index contributed by atoms with van der Waals surface area (Å²) in [5, 5.41) is 8.81. The van der Waals surface area contributed by atoms with Crippen molar-refractivity contribution < 1.29 is 9.52 Å². The maximum atomic E-state index is 8.81. The lowest BCUT2D eigenvalue weighted by Crippen LogP contribution is -2.00. The highest BCUT2D eigenvalue weighted by Crippen LogP contribution is 2.16. The SMILES string of the molecule is CCC(CO)c1cnco1. The second-order valence-electron chi connectivity index (χ2n) is 2.19. The van der Waals surface area contributed by atoms with Gasteiger partial charge in [0.05, 0.1) is 12.8 Å². The van der Waals surface area contributed by atoms with Gasteiger partial charge in [-0.25, -0.2) is 4.98 Å². The number of nitrogens with zero attached hydrogens (tertiary/aromatic N) is 1. The molecule has 0 fully saturated rings. The first kappa shape index (κ1) is 7.28. The van der Waals surface area contributed by atoms with E-state index in [9.17, 15) is 0 Å². The second-order valence-corrected chi connectivity index (χ2v) is 2.19. The molecule has 0 aromatic carbocycles. The molecule has 0 aliphatic heterocycles. The Hall–Kier alpha value is -0.830. The first-order valence-electron chi connectivity index (χ1n) is 3.37. The zero-order valence-corrected chi connectivity index (χ0v) is 5.95. The molecule has 0 bridgehead atoms. The Morgan fingerprint density at radius 1 is 1.80 bits per heavy atom. The lowest BCUT2D eigenvalue weighted by molar-refractivity contribution is 0.245. The predicted molar refractivity (Wildman–Crippen MR) is 36.6 cm³/mol. The standard InChI is InChI=1S/C7H11NO2/c1-2-6(4-9)7-3-8-5-10-7/h3,5-6,9H,2,4H2,1H3. The molecule has 1 atom stereocenters. The van der Waals surface area contributed by atoms with Crippen LogP contribution in [0.2, 0.25) is 0 Å². The molecule has 0 spiro atoms. The van der Waals surface area contributed by atoms with Crippen LogP contribution in [0.1, 0.15) is 25.0 Å². The fourth-order valence-corrected chi connectivity index (χ4v) is 0.847. The van der Waals surface area contributed by atoms with Gasteiger partial charge in [0.15, 0.2) is 6.39 Å². The molecule has 1 unspecified atom stereocenters. The van der Waals surface area contributed by atoms with E-state index in [1.54, 1.807) is 6.20 Å². The van der Waals surface area contributed by atoms with Gasteiger partial charge >= 0.3 is 0 Å². The van der Waals surface area contributed by atoms with E-state index < -0.39 is 0 Å². The Balaban J connectivity index is 2.64. The van der Waals surface area contributed by atoms with Gasteiger partial charge in [-0.1, -0.05) is 6.92 Å². The second kappa shape index (κ2) is 3.37. The summed E-state index contributed by atoms with van der Waals surface area (Å²) < 4.78 is 5.01. The highest BCUT2D eigenvalue weighted by Gasteiger charge is 2.09. The van der Waals surface area contributed by atoms with E-state index in [1.807, 2.05) is 6.92 Å². The zero-order valence-electron chi connectivity index (χ0n) is 5.95. The van der Waals surface area contributed by atoms with Gasteiger partial charge in [0.2, 0.25) is 0 Å². The van der Waals surface area contributed by atoms with E-state index in [4.69, 9.17) is 9.52 Å². The largest absolute Gasteiger partial charge is 0.448 e. The van der Waals surface area contributed by atoms with Gasteiger partial charge in [0, 0.05) is 5.92 Å². The van der Waals surface area contributed by atoms with Crippen molar-refractivity contribution >= 4 is 0 Å². The number of aliphatic hydroxyl groups excluding tert-OH is 1.